The van der Waals surface area contributed by atoms with Crippen molar-refractivity contribution in [2.75, 3.05) is 14.2 Å². The molecule has 1 saturated carbocycles. The van der Waals surface area contributed by atoms with E-state index in [0.29, 0.717) is 18.2 Å². The number of rotatable bonds is 4. The number of hydrogen-bond acceptors (Lipinski definition) is 3. The Morgan fingerprint density at radius 3 is 2.38 bits per heavy atom. The summed E-state index contributed by atoms with van der Waals surface area (Å²) >= 11 is 0. The number of esters is 1. The van der Waals surface area contributed by atoms with Crippen molar-refractivity contribution in [3.8, 4) is 0 Å². The van der Waals surface area contributed by atoms with Crippen molar-refractivity contribution >= 4 is 35.9 Å². The Labute approximate surface area is 161 Å². The normalized spacial score (nSPS) is 20.7. The van der Waals surface area contributed by atoms with Gasteiger partial charge in [0.1, 0.15) is 0 Å². The lowest BCUT2D eigenvalue weighted by atomic mass is 9.87. The maximum absolute atomic E-state index is 11.4. The Morgan fingerprint density at radius 2 is 1.83 bits per heavy atom. The monoisotopic (exact) mass is 445 g/mol. The highest BCUT2D eigenvalue weighted by Crippen LogP contribution is 2.23. The number of carbonyl (C=O) groups excluding carboxylic acids is 1. The molecule has 0 radical (unpaired) electrons. The van der Waals surface area contributed by atoms with Crippen LogP contribution in [0.1, 0.15) is 48.5 Å². The summed E-state index contributed by atoms with van der Waals surface area (Å²) in [5.41, 5.74) is 1.66. The highest BCUT2D eigenvalue weighted by Gasteiger charge is 2.18. The Morgan fingerprint density at radius 1 is 1.21 bits per heavy atom. The summed E-state index contributed by atoms with van der Waals surface area (Å²) < 4.78 is 4.70. The Kier molecular flexibility index (Phi) is 9.10. The van der Waals surface area contributed by atoms with Crippen LogP contribution in [0.3, 0.4) is 0 Å². The Balaban J connectivity index is 0.00000288. The zero-order chi connectivity index (χ0) is 16.7. The molecule has 1 fully saturated rings. The molecule has 2 rings (SSSR count). The van der Waals surface area contributed by atoms with Crippen LogP contribution in [0.15, 0.2) is 29.3 Å². The van der Waals surface area contributed by atoms with Crippen molar-refractivity contribution in [2.45, 2.75) is 45.2 Å². The molecule has 0 heterocycles. The van der Waals surface area contributed by atoms with Gasteiger partial charge in [-0.25, -0.2) is 4.79 Å². The van der Waals surface area contributed by atoms with Crippen LogP contribution in [0.25, 0.3) is 0 Å². The highest BCUT2D eigenvalue weighted by molar-refractivity contribution is 14.0. The van der Waals surface area contributed by atoms with Crippen LogP contribution >= 0.6 is 24.0 Å². The minimum absolute atomic E-state index is 0. The van der Waals surface area contributed by atoms with Gasteiger partial charge >= 0.3 is 5.97 Å². The van der Waals surface area contributed by atoms with Crippen LogP contribution in [0, 0.1) is 5.92 Å². The topological polar surface area (TPSA) is 62.7 Å². The average Bonchev–Trinajstić information content (AvgIpc) is 2.60. The van der Waals surface area contributed by atoms with E-state index in [1.165, 1.54) is 32.8 Å². The fraction of sp³-hybridized carbons (Fsp3) is 0.556. The van der Waals surface area contributed by atoms with Gasteiger partial charge in [0.05, 0.1) is 12.7 Å². The molecule has 0 atom stereocenters. The first kappa shape index (κ1) is 20.7. The smallest absolute Gasteiger partial charge is 0.337 e. The van der Waals surface area contributed by atoms with Crippen LogP contribution in [-0.4, -0.2) is 32.1 Å². The van der Waals surface area contributed by atoms with Crippen molar-refractivity contribution in [1.82, 2.24) is 10.6 Å². The van der Waals surface area contributed by atoms with Crippen LogP contribution in [0.5, 0.6) is 0 Å². The van der Waals surface area contributed by atoms with E-state index in [-0.39, 0.29) is 29.9 Å². The summed E-state index contributed by atoms with van der Waals surface area (Å²) in [5.74, 6) is 1.37. The van der Waals surface area contributed by atoms with Gasteiger partial charge in [0.15, 0.2) is 5.96 Å². The Hall–Kier alpha value is -1.31. The molecule has 0 unspecified atom stereocenters. The fourth-order valence-electron chi connectivity index (χ4n) is 2.85. The van der Waals surface area contributed by atoms with Gasteiger partial charge in [-0.05, 0) is 49.3 Å². The molecule has 1 aliphatic carbocycles. The molecule has 0 amide bonds. The standard InChI is InChI=1S/C18H27N3O2.HI/c1-13-4-10-16(11-5-13)21-18(19-2)20-12-14-6-8-15(9-7-14)17(22)23-3;/h6-9,13,16H,4-5,10-12H2,1-3H3,(H2,19,20,21);1H. The predicted molar refractivity (Wildman–Crippen MR) is 108 cm³/mol. The second kappa shape index (κ2) is 10.5. The molecule has 0 saturated heterocycles. The number of carbonyl (C=O) groups is 1. The maximum atomic E-state index is 11.4. The lowest BCUT2D eigenvalue weighted by Gasteiger charge is -2.28. The summed E-state index contributed by atoms with van der Waals surface area (Å²) in [6.07, 6.45) is 4.97. The number of benzene rings is 1. The number of guanidine groups is 1. The van der Waals surface area contributed by atoms with E-state index < -0.39 is 0 Å². The number of hydrogen-bond donors (Lipinski definition) is 2. The lowest BCUT2D eigenvalue weighted by Crippen LogP contribution is -2.44. The minimum Gasteiger partial charge on any atom is -0.465 e. The lowest BCUT2D eigenvalue weighted by molar-refractivity contribution is 0.0600. The SMILES string of the molecule is CN=C(NCc1ccc(C(=O)OC)cc1)NC1CCC(C)CC1.I. The number of ether oxygens (including phenoxy) is 1. The molecule has 2 N–H and O–H groups in total. The third kappa shape index (κ3) is 6.30. The van der Waals surface area contributed by atoms with E-state index in [1.807, 2.05) is 12.1 Å². The molecular weight excluding hydrogens is 417 g/mol. The number of nitrogens with one attached hydrogen (secondary N) is 2. The largest absolute Gasteiger partial charge is 0.465 e. The third-order valence-corrected chi connectivity index (χ3v) is 4.42. The molecule has 5 nitrogen and oxygen atoms in total. The molecular formula is C18H28IN3O2. The third-order valence-electron chi connectivity index (χ3n) is 4.42. The fourth-order valence-corrected chi connectivity index (χ4v) is 2.85. The van der Waals surface area contributed by atoms with E-state index >= 15 is 0 Å². The van der Waals surface area contributed by atoms with Crippen molar-refractivity contribution in [2.24, 2.45) is 10.9 Å². The molecule has 1 aromatic carbocycles. The van der Waals surface area contributed by atoms with E-state index in [2.05, 4.69) is 22.5 Å². The van der Waals surface area contributed by atoms with Crippen LogP contribution < -0.4 is 10.6 Å². The summed E-state index contributed by atoms with van der Waals surface area (Å²) in [6.45, 7) is 2.99. The molecule has 0 spiro atoms. The molecule has 0 aromatic heterocycles. The van der Waals surface area contributed by atoms with Crippen molar-refractivity contribution in [3.63, 3.8) is 0 Å². The quantitative estimate of drug-likeness (QED) is 0.323. The number of aliphatic imine (C=N–C) groups is 1. The van der Waals surface area contributed by atoms with Gasteiger partial charge in [-0.1, -0.05) is 19.1 Å². The van der Waals surface area contributed by atoms with Crippen molar-refractivity contribution < 1.29 is 9.53 Å². The summed E-state index contributed by atoms with van der Waals surface area (Å²) in [6, 6.07) is 7.92. The van der Waals surface area contributed by atoms with Crippen LogP contribution in [0.2, 0.25) is 0 Å². The number of methoxy groups -OCH3 is 1. The van der Waals surface area contributed by atoms with Gasteiger partial charge in [0.25, 0.3) is 0 Å². The van der Waals surface area contributed by atoms with Gasteiger partial charge in [-0.15, -0.1) is 24.0 Å². The summed E-state index contributed by atoms with van der Waals surface area (Å²) in [5, 5.41) is 6.83. The van der Waals surface area contributed by atoms with Crippen LogP contribution in [-0.2, 0) is 11.3 Å². The minimum atomic E-state index is -0.312. The first-order valence-electron chi connectivity index (χ1n) is 8.26. The van der Waals surface area contributed by atoms with E-state index in [1.54, 1.807) is 19.2 Å². The van der Waals surface area contributed by atoms with Gasteiger partial charge < -0.3 is 15.4 Å². The van der Waals surface area contributed by atoms with Gasteiger partial charge in [-0.3, -0.25) is 4.99 Å². The van der Waals surface area contributed by atoms with Crippen LogP contribution in [0.4, 0.5) is 0 Å². The maximum Gasteiger partial charge on any atom is 0.337 e. The predicted octanol–water partition coefficient (Wildman–Crippen LogP) is 3.33. The van der Waals surface area contributed by atoms with Gasteiger partial charge in [0.2, 0.25) is 0 Å². The van der Waals surface area contributed by atoms with Crippen molar-refractivity contribution in [3.05, 3.63) is 35.4 Å². The first-order valence-corrected chi connectivity index (χ1v) is 8.26. The second-order valence-corrected chi connectivity index (χ2v) is 6.22. The molecule has 1 aliphatic rings. The molecule has 0 aliphatic heterocycles. The first-order chi connectivity index (χ1) is 11.1. The molecule has 134 valence electrons. The second-order valence-electron chi connectivity index (χ2n) is 6.22. The van der Waals surface area contributed by atoms with E-state index in [4.69, 9.17) is 4.74 Å². The average molecular weight is 445 g/mol. The zero-order valence-corrected chi connectivity index (χ0v) is 17.0. The summed E-state index contributed by atoms with van der Waals surface area (Å²) in [7, 11) is 3.18. The highest BCUT2D eigenvalue weighted by atomic mass is 127. The van der Waals surface area contributed by atoms with Crippen molar-refractivity contribution in [1.29, 1.82) is 0 Å². The van der Waals surface area contributed by atoms with E-state index in [9.17, 15) is 4.79 Å². The Bertz CT molecular complexity index is 538. The molecule has 24 heavy (non-hydrogen) atoms. The number of nitrogens with zero attached hydrogens (tertiary/aromatic N) is 1. The molecule has 6 heteroatoms. The van der Waals surface area contributed by atoms with Gasteiger partial charge in [0, 0.05) is 19.6 Å². The zero-order valence-electron chi connectivity index (χ0n) is 14.7. The molecule has 1 aromatic rings. The molecule has 0 bridgehead atoms. The van der Waals surface area contributed by atoms with E-state index in [0.717, 1.165) is 17.4 Å². The summed E-state index contributed by atoms with van der Waals surface area (Å²) in [4.78, 5) is 15.7. The number of halogens is 1. The van der Waals surface area contributed by atoms with Gasteiger partial charge in [-0.2, -0.15) is 0 Å².